The summed E-state index contributed by atoms with van der Waals surface area (Å²) in [7, 11) is 0. The summed E-state index contributed by atoms with van der Waals surface area (Å²) in [4.78, 5) is 9.11. The molecule has 1 saturated heterocycles. The molecule has 0 amide bonds. The van der Waals surface area contributed by atoms with Crippen molar-refractivity contribution in [3.8, 4) is 0 Å². The minimum absolute atomic E-state index is 0.0875. The summed E-state index contributed by atoms with van der Waals surface area (Å²) < 4.78 is 5.21. The van der Waals surface area contributed by atoms with E-state index in [1.54, 1.807) is 0 Å². The Morgan fingerprint density at radius 1 is 1.40 bits per heavy atom. The van der Waals surface area contributed by atoms with Gasteiger partial charge in [0.05, 0.1) is 12.9 Å². The van der Waals surface area contributed by atoms with E-state index in [1.807, 2.05) is 0 Å². The summed E-state index contributed by atoms with van der Waals surface area (Å²) in [5.41, 5.74) is -0.259. The summed E-state index contributed by atoms with van der Waals surface area (Å²) in [6, 6.07) is 0. The summed E-state index contributed by atoms with van der Waals surface area (Å²) >= 11 is 0. The van der Waals surface area contributed by atoms with Crippen LogP contribution in [0.2, 0.25) is 0 Å². The Hall–Kier alpha value is -1.76. The molecule has 5 N–H and O–H groups in total. The molecule has 5 unspecified atom stereocenters. The first kappa shape index (κ1) is 13.2. The molecule has 0 aromatic carbocycles. The second-order valence-corrected chi connectivity index (χ2v) is 4.37. The number of rotatable bonds is 2. The summed E-state index contributed by atoms with van der Waals surface area (Å²) in [6.07, 6.45) is -3.98. The normalized spacial score (nSPS) is 39.9. The van der Waals surface area contributed by atoms with Crippen LogP contribution in [0.4, 0.5) is 0 Å². The van der Waals surface area contributed by atoms with Crippen LogP contribution in [-0.2, 0) is 9.68 Å². The molecular formula is C9H12N4O7. The average molecular weight is 288 g/mol. The number of fused-ring (bicyclic) bond motifs is 1. The Balaban J connectivity index is 1.89. The van der Waals surface area contributed by atoms with Crippen LogP contribution < -0.4 is 10.3 Å². The molecule has 11 nitrogen and oxygen atoms in total. The van der Waals surface area contributed by atoms with Crippen molar-refractivity contribution in [2.75, 3.05) is 6.61 Å². The maximum atomic E-state index is 12.2. The van der Waals surface area contributed by atoms with Gasteiger partial charge in [-0.25, -0.2) is 4.99 Å². The van der Waals surface area contributed by atoms with Crippen molar-refractivity contribution in [3.05, 3.63) is 11.6 Å². The van der Waals surface area contributed by atoms with Gasteiger partial charge in [0.1, 0.15) is 18.3 Å². The van der Waals surface area contributed by atoms with Crippen LogP contribution >= 0.6 is 0 Å². The minimum atomic E-state index is -1.42. The first-order valence-corrected chi connectivity index (χ1v) is 5.72. The molecule has 3 aliphatic heterocycles. The third kappa shape index (κ3) is 1.76. The number of ether oxygens (including phenoxy) is 1. The van der Waals surface area contributed by atoms with Gasteiger partial charge in [-0.15, -0.1) is 0 Å². The SMILES string of the molecule is [O-]C1=C2C(=NO[NH+]2O)N=CN1C1OC(CO)C(O)C1O. The number of nitrogens with one attached hydrogen (secondary N) is 1. The Bertz CT molecular complexity index is 507. The van der Waals surface area contributed by atoms with Gasteiger partial charge in [0.2, 0.25) is 0 Å². The van der Waals surface area contributed by atoms with Crippen LogP contribution in [0.25, 0.3) is 0 Å². The van der Waals surface area contributed by atoms with Gasteiger partial charge >= 0.3 is 0 Å². The van der Waals surface area contributed by atoms with Gasteiger partial charge in [-0.3, -0.25) is 0 Å². The summed E-state index contributed by atoms with van der Waals surface area (Å²) in [6.45, 7) is -0.516. The number of aliphatic imine (C=N–C) groups is 1. The van der Waals surface area contributed by atoms with E-state index in [9.17, 15) is 20.5 Å². The topological polar surface area (TPSA) is 155 Å². The quantitative estimate of drug-likeness (QED) is 0.338. The number of oxime groups is 1. The Labute approximate surface area is 111 Å². The maximum absolute atomic E-state index is 12.2. The zero-order valence-corrected chi connectivity index (χ0v) is 9.95. The summed E-state index contributed by atoms with van der Waals surface area (Å²) in [5, 5.41) is 52.8. The van der Waals surface area contributed by atoms with E-state index in [4.69, 9.17) is 9.84 Å². The molecule has 0 bridgehead atoms. The number of hydrogen-bond donors (Lipinski definition) is 5. The van der Waals surface area contributed by atoms with Gasteiger partial charge in [0.15, 0.2) is 6.23 Å². The van der Waals surface area contributed by atoms with E-state index < -0.39 is 42.3 Å². The largest absolute Gasteiger partial charge is 0.856 e. The minimum Gasteiger partial charge on any atom is -0.856 e. The predicted octanol–water partition coefficient (Wildman–Crippen LogP) is -5.17. The van der Waals surface area contributed by atoms with E-state index in [0.717, 1.165) is 11.2 Å². The fourth-order valence-electron chi connectivity index (χ4n) is 2.14. The van der Waals surface area contributed by atoms with Crippen LogP contribution in [0.1, 0.15) is 0 Å². The molecule has 0 aliphatic carbocycles. The standard InChI is InChI=1S/C9H12N4O7/c14-1-3-5(15)6(16)9(19-3)12-2-10-7-4(8(12)17)13(18)20-11-7/h2-3,5-6,9,14-18H,1H2. The molecule has 5 atom stereocenters. The second-order valence-electron chi connectivity index (χ2n) is 4.37. The molecule has 3 rings (SSSR count). The van der Waals surface area contributed by atoms with E-state index in [1.165, 1.54) is 0 Å². The lowest BCUT2D eigenvalue weighted by Gasteiger charge is -2.34. The number of quaternary nitrogens is 1. The predicted molar refractivity (Wildman–Crippen MR) is 56.4 cm³/mol. The molecule has 1 fully saturated rings. The highest BCUT2D eigenvalue weighted by molar-refractivity contribution is 6.02. The van der Waals surface area contributed by atoms with Gasteiger partial charge in [-0.2, -0.15) is 10.1 Å². The van der Waals surface area contributed by atoms with Gasteiger partial charge in [0, 0.05) is 16.3 Å². The molecule has 0 aromatic rings. The highest BCUT2D eigenvalue weighted by Gasteiger charge is 2.47. The Kier molecular flexibility index (Phi) is 3.08. The van der Waals surface area contributed by atoms with Crippen LogP contribution in [0, 0.1) is 0 Å². The third-order valence-corrected chi connectivity index (χ3v) is 3.20. The lowest BCUT2D eigenvalue weighted by molar-refractivity contribution is -1.21. The van der Waals surface area contributed by atoms with E-state index in [2.05, 4.69) is 15.1 Å². The maximum Gasteiger partial charge on any atom is 0.269 e. The summed E-state index contributed by atoms with van der Waals surface area (Å²) in [5.74, 6) is -0.834. The molecule has 20 heavy (non-hydrogen) atoms. The van der Waals surface area contributed by atoms with Crippen molar-refractivity contribution in [1.29, 1.82) is 0 Å². The van der Waals surface area contributed by atoms with Gasteiger partial charge in [0.25, 0.3) is 11.5 Å². The average Bonchev–Trinajstić information content (AvgIpc) is 2.94. The Morgan fingerprint density at radius 2 is 2.15 bits per heavy atom. The van der Waals surface area contributed by atoms with Gasteiger partial charge in [-0.05, 0) is 0 Å². The lowest BCUT2D eigenvalue weighted by atomic mass is 10.1. The molecule has 0 aromatic heterocycles. The molecule has 0 spiro atoms. The fraction of sp³-hybridized carbons (Fsp3) is 0.556. The molecule has 11 heteroatoms. The van der Waals surface area contributed by atoms with Crippen LogP contribution in [0.3, 0.4) is 0 Å². The second kappa shape index (κ2) is 4.66. The van der Waals surface area contributed by atoms with Crippen molar-refractivity contribution in [1.82, 2.24) is 4.90 Å². The van der Waals surface area contributed by atoms with Crippen LogP contribution in [0.15, 0.2) is 21.7 Å². The Morgan fingerprint density at radius 3 is 2.80 bits per heavy atom. The molecular weight excluding hydrogens is 276 g/mol. The number of amidine groups is 1. The van der Waals surface area contributed by atoms with Gasteiger partial charge in [-0.1, -0.05) is 0 Å². The number of hydrogen-bond acceptors (Lipinski definition) is 10. The van der Waals surface area contributed by atoms with Crippen molar-refractivity contribution < 1.29 is 40.5 Å². The van der Waals surface area contributed by atoms with E-state index >= 15 is 0 Å². The monoisotopic (exact) mass is 288 g/mol. The number of nitrogens with zero attached hydrogens (tertiary/aromatic N) is 3. The zero-order chi connectivity index (χ0) is 14.4. The highest BCUT2D eigenvalue weighted by atomic mass is 17.0. The van der Waals surface area contributed by atoms with Crippen molar-refractivity contribution in [2.45, 2.75) is 24.5 Å². The van der Waals surface area contributed by atoms with E-state index in [0.29, 0.717) is 0 Å². The number of hydroxylamine groups is 2. The van der Waals surface area contributed by atoms with Crippen LogP contribution in [0.5, 0.6) is 0 Å². The smallest absolute Gasteiger partial charge is 0.269 e. The van der Waals surface area contributed by atoms with Crippen molar-refractivity contribution in [2.24, 2.45) is 10.1 Å². The molecule has 0 radical (unpaired) electrons. The lowest BCUT2D eigenvalue weighted by Crippen LogP contribution is -3.05. The fourth-order valence-corrected chi connectivity index (χ4v) is 2.14. The molecule has 3 aliphatic rings. The molecule has 110 valence electrons. The first-order valence-electron chi connectivity index (χ1n) is 5.72. The van der Waals surface area contributed by atoms with Crippen molar-refractivity contribution in [3.63, 3.8) is 0 Å². The zero-order valence-electron chi connectivity index (χ0n) is 9.95. The van der Waals surface area contributed by atoms with Gasteiger partial charge < -0.3 is 30.1 Å². The van der Waals surface area contributed by atoms with Crippen LogP contribution in [-0.4, -0.2) is 68.7 Å². The molecule has 0 saturated carbocycles. The third-order valence-electron chi connectivity index (χ3n) is 3.20. The highest BCUT2D eigenvalue weighted by Crippen LogP contribution is 2.26. The first-order chi connectivity index (χ1) is 9.54. The molecule has 3 heterocycles. The van der Waals surface area contributed by atoms with Crippen molar-refractivity contribution >= 4 is 12.2 Å². The van der Waals surface area contributed by atoms with E-state index in [-0.39, 0.29) is 11.5 Å². The number of aliphatic hydroxyl groups excluding tert-OH is 3. The number of aliphatic hydroxyl groups is 3.